The van der Waals surface area contributed by atoms with E-state index in [1.54, 1.807) is 26.3 Å². The summed E-state index contributed by atoms with van der Waals surface area (Å²) in [6, 6.07) is 1.92. The van der Waals surface area contributed by atoms with Gasteiger partial charge in [-0.15, -0.1) is 0 Å². The number of hydrogen-bond acceptors (Lipinski definition) is 4. The van der Waals surface area contributed by atoms with Gasteiger partial charge in [0.25, 0.3) is 5.91 Å². The molecule has 0 radical (unpaired) electrons. The number of aryl methyl sites for hydroxylation is 1. The molecule has 2 aliphatic rings. The van der Waals surface area contributed by atoms with Gasteiger partial charge in [-0.05, 0) is 32.4 Å². The van der Waals surface area contributed by atoms with E-state index in [0.717, 1.165) is 6.42 Å². The summed E-state index contributed by atoms with van der Waals surface area (Å²) in [7, 11) is 3.64. The number of likely N-dealkylation sites (tertiary alicyclic amines) is 2. The first kappa shape index (κ1) is 14.1. The number of hydrogen-bond donors (Lipinski definition) is 1. The molecule has 3 atom stereocenters. The molecule has 0 aromatic carbocycles. The summed E-state index contributed by atoms with van der Waals surface area (Å²) in [6.45, 7) is 3.20. The van der Waals surface area contributed by atoms with E-state index in [9.17, 15) is 9.59 Å². The number of carbonyl (C=O) groups is 2. The van der Waals surface area contributed by atoms with Gasteiger partial charge in [-0.25, -0.2) is 0 Å². The molecule has 0 saturated carbocycles. The van der Waals surface area contributed by atoms with Crippen molar-refractivity contribution < 1.29 is 14.0 Å². The van der Waals surface area contributed by atoms with Gasteiger partial charge in [0.1, 0.15) is 5.76 Å². The van der Waals surface area contributed by atoms with Crippen LogP contribution in [0.1, 0.15) is 22.5 Å². The topological polar surface area (TPSA) is 65.8 Å². The number of rotatable bonds is 2. The van der Waals surface area contributed by atoms with E-state index in [1.807, 2.05) is 11.9 Å². The molecule has 1 aromatic heterocycles. The molecule has 3 heterocycles. The van der Waals surface area contributed by atoms with Crippen molar-refractivity contribution in [2.75, 3.05) is 27.2 Å². The molecule has 6 nitrogen and oxygen atoms in total. The van der Waals surface area contributed by atoms with Crippen LogP contribution in [0, 0.1) is 12.8 Å². The monoisotopic (exact) mass is 291 g/mol. The summed E-state index contributed by atoms with van der Waals surface area (Å²) in [4.78, 5) is 28.4. The van der Waals surface area contributed by atoms with E-state index < -0.39 is 0 Å². The number of nitrogens with one attached hydrogen (secondary N) is 1. The summed E-state index contributed by atoms with van der Waals surface area (Å²) in [5, 5.41) is 2.72. The Kier molecular flexibility index (Phi) is 3.49. The van der Waals surface area contributed by atoms with E-state index in [4.69, 9.17) is 4.42 Å². The van der Waals surface area contributed by atoms with Gasteiger partial charge >= 0.3 is 0 Å². The molecule has 2 saturated heterocycles. The molecular weight excluding hydrogens is 270 g/mol. The van der Waals surface area contributed by atoms with Crippen molar-refractivity contribution in [2.45, 2.75) is 25.4 Å². The standard InChI is InChI=1S/C15H21N3O3/c1-9-11(4-5-21-9)15(20)18-7-10-6-12(14(19)16-2)17(3)13(10)8-18/h4-5,10,12-13H,6-8H2,1-3H3,(H,16,19)/t10-,12-,13+/m0/s1. The third kappa shape index (κ3) is 2.23. The Morgan fingerprint density at radius 1 is 1.38 bits per heavy atom. The van der Waals surface area contributed by atoms with Crippen LogP contribution in [-0.4, -0.2) is 60.9 Å². The molecule has 2 fully saturated rings. The Morgan fingerprint density at radius 3 is 2.71 bits per heavy atom. The van der Waals surface area contributed by atoms with Crippen LogP contribution in [0.5, 0.6) is 0 Å². The van der Waals surface area contributed by atoms with Crippen molar-refractivity contribution in [1.29, 1.82) is 0 Å². The van der Waals surface area contributed by atoms with Crippen molar-refractivity contribution in [1.82, 2.24) is 15.1 Å². The highest BCUT2D eigenvalue weighted by Gasteiger charge is 2.48. The van der Waals surface area contributed by atoms with Gasteiger partial charge in [-0.1, -0.05) is 0 Å². The molecule has 0 spiro atoms. The van der Waals surface area contributed by atoms with Gasteiger partial charge in [0.2, 0.25) is 5.91 Å². The molecule has 1 aromatic rings. The van der Waals surface area contributed by atoms with Crippen molar-refractivity contribution >= 4 is 11.8 Å². The Hall–Kier alpha value is -1.82. The zero-order valence-electron chi connectivity index (χ0n) is 12.6. The number of nitrogens with zero attached hydrogens (tertiary/aromatic N) is 2. The highest BCUT2D eigenvalue weighted by molar-refractivity contribution is 5.95. The van der Waals surface area contributed by atoms with Crippen LogP contribution in [0.15, 0.2) is 16.7 Å². The van der Waals surface area contributed by atoms with Crippen molar-refractivity contribution in [2.24, 2.45) is 5.92 Å². The van der Waals surface area contributed by atoms with E-state index in [0.29, 0.717) is 30.3 Å². The number of likely N-dealkylation sites (N-methyl/N-ethyl adjacent to an activating group) is 2. The van der Waals surface area contributed by atoms with Crippen molar-refractivity contribution in [3.8, 4) is 0 Å². The summed E-state index contributed by atoms with van der Waals surface area (Å²) < 4.78 is 5.21. The van der Waals surface area contributed by atoms with Gasteiger partial charge in [0, 0.05) is 26.2 Å². The molecule has 1 N–H and O–H groups in total. The lowest BCUT2D eigenvalue weighted by Crippen LogP contribution is -2.45. The zero-order valence-corrected chi connectivity index (χ0v) is 12.6. The first-order valence-corrected chi connectivity index (χ1v) is 7.29. The number of carbonyl (C=O) groups excluding carboxylic acids is 2. The average Bonchev–Trinajstić information content (AvgIpc) is 3.14. The molecule has 0 bridgehead atoms. The Labute approximate surface area is 124 Å². The van der Waals surface area contributed by atoms with Gasteiger partial charge in [-0.3, -0.25) is 14.5 Å². The first-order chi connectivity index (χ1) is 10.0. The Balaban J connectivity index is 1.70. The van der Waals surface area contributed by atoms with Crippen LogP contribution in [0.2, 0.25) is 0 Å². The number of furan rings is 1. The summed E-state index contributed by atoms with van der Waals surface area (Å²) in [6.07, 6.45) is 2.36. The largest absolute Gasteiger partial charge is 0.469 e. The number of fused-ring (bicyclic) bond motifs is 1. The number of amides is 2. The van der Waals surface area contributed by atoms with Crippen LogP contribution in [-0.2, 0) is 4.79 Å². The van der Waals surface area contributed by atoms with Crippen LogP contribution in [0.3, 0.4) is 0 Å². The zero-order chi connectivity index (χ0) is 15.1. The predicted molar refractivity (Wildman–Crippen MR) is 76.9 cm³/mol. The second kappa shape index (κ2) is 5.18. The van der Waals surface area contributed by atoms with Crippen LogP contribution in [0.25, 0.3) is 0 Å². The predicted octanol–water partition coefficient (Wildman–Crippen LogP) is 0.479. The summed E-state index contributed by atoms with van der Waals surface area (Å²) in [5.41, 5.74) is 0.639. The van der Waals surface area contributed by atoms with E-state index in [1.165, 1.54) is 0 Å². The minimum atomic E-state index is -0.0714. The average molecular weight is 291 g/mol. The lowest BCUT2D eigenvalue weighted by atomic mass is 10.0. The smallest absolute Gasteiger partial charge is 0.257 e. The maximum absolute atomic E-state index is 12.5. The fourth-order valence-electron chi connectivity index (χ4n) is 3.63. The fraction of sp³-hybridized carbons (Fsp3) is 0.600. The molecular formula is C15H21N3O3. The van der Waals surface area contributed by atoms with Crippen LogP contribution in [0.4, 0.5) is 0 Å². The fourth-order valence-corrected chi connectivity index (χ4v) is 3.63. The molecule has 2 amide bonds. The van der Waals surface area contributed by atoms with Crippen molar-refractivity contribution in [3.63, 3.8) is 0 Å². The maximum atomic E-state index is 12.5. The minimum absolute atomic E-state index is 0.0283. The molecule has 21 heavy (non-hydrogen) atoms. The molecule has 0 aliphatic carbocycles. The second-order valence-corrected chi connectivity index (χ2v) is 5.96. The molecule has 6 heteroatoms. The SMILES string of the molecule is CNC(=O)[C@@H]1C[C@H]2CN(C(=O)c3ccoc3C)C[C@H]2N1C. The Bertz CT molecular complexity index is 568. The van der Waals surface area contributed by atoms with Gasteiger partial charge in [-0.2, -0.15) is 0 Å². The lowest BCUT2D eigenvalue weighted by molar-refractivity contribution is -0.125. The quantitative estimate of drug-likeness (QED) is 0.860. The summed E-state index contributed by atoms with van der Waals surface area (Å²) >= 11 is 0. The van der Waals surface area contributed by atoms with Crippen LogP contribution >= 0.6 is 0 Å². The third-order valence-corrected chi connectivity index (χ3v) is 4.87. The molecule has 0 unspecified atom stereocenters. The second-order valence-electron chi connectivity index (χ2n) is 5.96. The van der Waals surface area contributed by atoms with Crippen molar-refractivity contribution in [3.05, 3.63) is 23.7 Å². The highest BCUT2D eigenvalue weighted by Crippen LogP contribution is 2.35. The highest BCUT2D eigenvalue weighted by atomic mass is 16.3. The van der Waals surface area contributed by atoms with Gasteiger partial charge in [0.05, 0.1) is 17.9 Å². The first-order valence-electron chi connectivity index (χ1n) is 7.29. The van der Waals surface area contributed by atoms with E-state index in [-0.39, 0.29) is 23.9 Å². The normalized spacial score (nSPS) is 28.7. The van der Waals surface area contributed by atoms with E-state index >= 15 is 0 Å². The maximum Gasteiger partial charge on any atom is 0.257 e. The molecule has 2 aliphatic heterocycles. The summed E-state index contributed by atoms with van der Waals surface area (Å²) in [5.74, 6) is 1.12. The van der Waals surface area contributed by atoms with Gasteiger partial charge < -0.3 is 14.6 Å². The van der Waals surface area contributed by atoms with E-state index in [2.05, 4.69) is 10.2 Å². The third-order valence-electron chi connectivity index (χ3n) is 4.87. The minimum Gasteiger partial charge on any atom is -0.469 e. The lowest BCUT2D eigenvalue weighted by Gasteiger charge is -2.25. The van der Waals surface area contributed by atoms with Gasteiger partial charge in [0.15, 0.2) is 0 Å². The molecule has 114 valence electrons. The molecule has 3 rings (SSSR count). The Morgan fingerprint density at radius 2 is 2.14 bits per heavy atom. The van der Waals surface area contributed by atoms with Crippen LogP contribution < -0.4 is 5.32 Å².